The third kappa shape index (κ3) is 3.99. The van der Waals surface area contributed by atoms with Gasteiger partial charge in [-0.2, -0.15) is 9.78 Å². The van der Waals surface area contributed by atoms with Crippen molar-refractivity contribution in [3.63, 3.8) is 0 Å². The van der Waals surface area contributed by atoms with Gasteiger partial charge in [-0.1, -0.05) is 103 Å². The molecule has 35 heavy (non-hydrogen) atoms. The van der Waals surface area contributed by atoms with E-state index in [0.717, 1.165) is 22.3 Å². The first-order valence-corrected chi connectivity index (χ1v) is 11.7. The summed E-state index contributed by atoms with van der Waals surface area (Å²) < 4.78 is 1.32. The van der Waals surface area contributed by atoms with Gasteiger partial charge in [-0.3, -0.25) is 9.59 Å². The van der Waals surface area contributed by atoms with Crippen LogP contribution in [-0.2, 0) is 4.79 Å². The highest BCUT2D eigenvalue weighted by molar-refractivity contribution is 6.06. The van der Waals surface area contributed by atoms with Gasteiger partial charge in [0.1, 0.15) is 0 Å². The van der Waals surface area contributed by atoms with Gasteiger partial charge >= 0.3 is 5.97 Å². The molecular formula is C30H26N2O3. The van der Waals surface area contributed by atoms with Crippen LogP contribution < -0.4 is 0 Å². The largest absolute Gasteiger partial charge is 0.480 e. The second-order valence-electron chi connectivity index (χ2n) is 9.06. The maximum atomic E-state index is 14.4. The molecule has 0 saturated heterocycles. The summed E-state index contributed by atoms with van der Waals surface area (Å²) in [4.78, 5) is 27.4. The van der Waals surface area contributed by atoms with Crippen molar-refractivity contribution in [1.82, 2.24) is 9.78 Å². The zero-order chi connectivity index (χ0) is 24.4. The Labute approximate surface area is 204 Å². The van der Waals surface area contributed by atoms with E-state index in [-0.39, 0.29) is 6.42 Å². The van der Waals surface area contributed by atoms with E-state index in [1.807, 2.05) is 110 Å². The van der Waals surface area contributed by atoms with Crippen LogP contribution in [0.25, 0.3) is 22.5 Å². The smallest absolute Gasteiger partial charge is 0.320 e. The van der Waals surface area contributed by atoms with E-state index in [4.69, 9.17) is 0 Å². The number of aromatic nitrogens is 2. The van der Waals surface area contributed by atoms with Gasteiger partial charge in [0.25, 0.3) is 5.91 Å². The highest BCUT2D eigenvalue weighted by Gasteiger charge is 2.55. The van der Waals surface area contributed by atoms with Crippen molar-refractivity contribution in [2.45, 2.75) is 25.7 Å². The predicted molar refractivity (Wildman–Crippen MR) is 136 cm³/mol. The van der Waals surface area contributed by atoms with Gasteiger partial charge in [0, 0.05) is 17.0 Å². The second kappa shape index (κ2) is 9.18. The Morgan fingerprint density at radius 1 is 0.886 bits per heavy atom. The van der Waals surface area contributed by atoms with Crippen molar-refractivity contribution in [3.05, 3.63) is 114 Å². The molecule has 0 amide bonds. The Balaban J connectivity index is 1.71. The third-order valence-corrected chi connectivity index (χ3v) is 6.90. The molecule has 0 spiro atoms. The maximum Gasteiger partial charge on any atom is 0.320 e. The van der Waals surface area contributed by atoms with E-state index in [1.165, 1.54) is 4.68 Å². The summed E-state index contributed by atoms with van der Waals surface area (Å²) in [5, 5.41) is 15.3. The van der Waals surface area contributed by atoms with Crippen LogP contribution >= 0.6 is 0 Å². The Morgan fingerprint density at radius 3 is 2.06 bits per heavy atom. The topological polar surface area (TPSA) is 72.2 Å². The molecule has 1 heterocycles. The average molecular weight is 463 g/mol. The fourth-order valence-electron chi connectivity index (χ4n) is 5.00. The lowest BCUT2D eigenvalue weighted by Crippen LogP contribution is -2.48. The molecule has 2 atom stereocenters. The molecule has 0 bridgehead atoms. The van der Waals surface area contributed by atoms with Crippen molar-refractivity contribution in [1.29, 1.82) is 0 Å². The molecule has 5 nitrogen and oxygen atoms in total. The van der Waals surface area contributed by atoms with Gasteiger partial charge in [0.2, 0.25) is 0 Å². The minimum absolute atomic E-state index is 0.112. The number of rotatable bonds is 5. The van der Waals surface area contributed by atoms with Crippen LogP contribution in [-0.4, -0.2) is 26.8 Å². The van der Waals surface area contributed by atoms with Crippen LogP contribution in [0.3, 0.4) is 0 Å². The van der Waals surface area contributed by atoms with Crippen LogP contribution in [0.5, 0.6) is 0 Å². The normalized spacial score (nSPS) is 19.7. The maximum absolute atomic E-state index is 14.4. The minimum Gasteiger partial charge on any atom is -0.480 e. The molecule has 174 valence electrons. The van der Waals surface area contributed by atoms with Crippen LogP contribution in [0.4, 0.5) is 0 Å². The number of benzene rings is 3. The number of carbonyl (C=O) groups is 2. The van der Waals surface area contributed by atoms with Crippen LogP contribution in [0.2, 0.25) is 0 Å². The predicted octanol–water partition coefficient (Wildman–Crippen LogP) is 6.45. The standard InChI is InChI=1S/C30H26N2O3/c1-21-17-18-30(29(34)35,25(19-21)22-11-5-2-6-12-22)28(33)32-27(24-15-9-4-10-16-24)20-26(31-32)23-13-7-3-8-14-23/h2-17,20,25H,18-19H2,1H3,(H,34,35). The molecule has 2 unspecified atom stereocenters. The molecule has 0 saturated carbocycles. The number of hydrogen-bond acceptors (Lipinski definition) is 3. The lowest BCUT2D eigenvalue weighted by molar-refractivity contribution is -0.147. The quantitative estimate of drug-likeness (QED) is 0.273. The summed E-state index contributed by atoms with van der Waals surface area (Å²) in [6, 6.07) is 30.5. The lowest BCUT2D eigenvalue weighted by atomic mass is 9.63. The van der Waals surface area contributed by atoms with E-state index >= 15 is 0 Å². The van der Waals surface area contributed by atoms with Gasteiger partial charge in [-0.05, 0) is 31.4 Å². The summed E-state index contributed by atoms with van der Waals surface area (Å²) in [7, 11) is 0. The molecule has 1 aliphatic carbocycles. The minimum atomic E-state index is -1.68. The van der Waals surface area contributed by atoms with Gasteiger partial charge in [0.05, 0.1) is 11.4 Å². The zero-order valence-electron chi connectivity index (χ0n) is 19.5. The number of nitrogens with zero attached hydrogens (tertiary/aromatic N) is 2. The van der Waals surface area contributed by atoms with Crippen molar-refractivity contribution >= 4 is 11.9 Å². The zero-order valence-corrected chi connectivity index (χ0v) is 19.5. The molecule has 5 rings (SSSR count). The van der Waals surface area contributed by atoms with Crippen LogP contribution in [0, 0.1) is 5.41 Å². The summed E-state index contributed by atoms with van der Waals surface area (Å²) in [5.41, 5.74) is 3.11. The first kappa shape index (κ1) is 22.5. The molecule has 3 aromatic carbocycles. The van der Waals surface area contributed by atoms with Gasteiger partial charge in [-0.15, -0.1) is 0 Å². The Hall–Kier alpha value is -4.25. The Bertz CT molecular complexity index is 1390. The number of hydrogen-bond donors (Lipinski definition) is 1. The van der Waals surface area contributed by atoms with Crippen LogP contribution in [0.15, 0.2) is 109 Å². The second-order valence-corrected chi connectivity index (χ2v) is 9.06. The molecule has 4 aromatic rings. The summed E-state index contributed by atoms with van der Waals surface area (Å²) in [6.07, 6.45) is 2.49. The summed E-state index contributed by atoms with van der Waals surface area (Å²) in [6.45, 7) is 1.99. The Morgan fingerprint density at radius 2 is 1.46 bits per heavy atom. The van der Waals surface area contributed by atoms with Crippen molar-refractivity contribution in [2.24, 2.45) is 5.41 Å². The first-order valence-electron chi connectivity index (χ1n) is 11.7. The number of carbonyl (C=O) groups excluding carboxylic acids is 1. The third-order valence-electron chi connectivity index (χ3n) is 6.90. The number of carboxylic acid groups (broad SMARTS) is 1. The van der Waals surface area contributed by atoms with E-state index in [1.54, 1.807) is 0 Å². The first-order chi connectivity index (χ1) is 17.0. The average Bonchev–Trinajstić information content (AvgIpc) is 3.35. The molecule has 1 aliphatic rings. The number of carboxylic acids is 1. The molecule has 0 fully saturated rings. The number of allylic oxidation sites excluding steroid dienone is 2. The molecule has 0 radical (unpaired) electrons. The fraction of sp³-hybridized carbons (Fsp3) is 0.167. The van der Waals surface area contributed by atoms with Gasteiger partial charge in [-0.25, -0.2) is 0 Å². The van der Waals surface area contributed by atoms with E-state index in [9.17, 15) is 14.7 Å². The fourth-order valence-corrected chi connectivity index (χ4v) is 5.00. The van der Waals surface area contributed by atoms with Gasteiger partial charge < -0.3 is 5.11 Å². The molecular weight excluding hydrogens is 436 g/mol. The SMILES string of the molecule is CC1=CCC(C(=O)O)(C(=O)n2nc(-c3ccccc3)cc2-c2ccccc2)C(c2ccccc2)C1. The molecule has 0 aliphatic heterocycles. The van der Waals surface area contributed by atoms with Crippen LogP contribution in [0.1, 0.15) is 36.0 Å². The number of aliphatic carboxylic acids is 1. The molecule has 1 N–H and O–H groups in total. The van der Waals surface area contributed by atoms with Crippen molar-refractivity contribution < 1.29 is 14.7 Å². The lowest BCUT2D eigenvalue weighted by Gasteiger charge is -2.38. The highest BCUT2D eigenvalue weighted by Crippen LogP contribution is 2.49. The van der Waals surface area contributed by atoms with Gasteiger partial charge in [0.15, 0.2) is 5.41 Å². The van der Waals surface area contributed by atoms with E-state index < -0.39 is 23.2 Å². The monoisotopic (exact) mass is 462 g/mol. The summed E-state index contributed by atoms with van der Waals surface area (Å²) in [5.74, 6) is -2.16. The van der Waals surface area contributed by atoms with Crippen molar-refractivity contribution in [3.8, 4) is 22.5 Å². The highest BCUT2D eigenvalue weighted by atomic mass is 16.4. The Kier molecular flexibility index (Phi) is 5.91. The van der Waals surface area contributed by atoms with Crippen molar-refractivity contribution in [2.75, 3.05) is 0 Å². The van der Waals surface area contributed by atoms with E-state index in [0.29, 0.717) is 17.8 Å². The molecule has 1 aromatic heterocycles. The van der Waals surface area contributed by atoms with E-state index in [2.05, 4.69) is 5.10 Å². The molecule has 5 heteroatoms. The summed E-state index contributed by atoms with van der Waals surface area (Å²) >= 11 is 0.